The number of benzene rings is 1. The predicted molar refractivity (Wildman–Crippen MR) is 111 cm³/mol. The van der Waals surface area contributed by atoms with Gasteiger partial charge in [-0.05, 0) is 43.4 Å². The van der Waals surface area contributed by atoms with Crippen LogP contribution in [0.3, 0.4) is 0 Å². The molecule has 0 unspecified atom stereocenters. The molecule has 0 radical (unpaired) electrons. The molecule has 1 aliphatic carbocycles. The van der Waals surface area contributed by atoms with Gasteiger partial charge in [0.15, 0.2) is 6.61 Å². The van der Waals surface area contributed by atoms with Crippen molar-refractivity contribution < 1.29 is 23.9 Å². The van der Waals surface area contributed by atoms with Gasteiger partial charge in [-0.15, -0.1) is 11.3 Å². The molecule has 154 valence electrons. The molecule has 0 saturated heterocycles. The Morgan fingerprint density at radius 2 is 1.90 bits per heavy atom. The number of fused-ring (bicyclic) bond motifs is 2. The number of rotatable bonds is 5. The number of hydrogen-bond acceptors (Lipinski definition) is 8. The molecule has 0 fully saturated rings. The number of anilines is 1. The average Bonchev–Trinajstić information content (AvgIpc) is 3.14. The number of nitrogens with zero attached hydrogens (tertiary/aromatic N) is 2. The van der Waals surface area contributed by atoms with Crippen molar-refractivity contribution in [1.29, 1.82) is 0 Å². The van der Waals surface area contributed by atoms with Crippen molar-refractivity contribution in [3.8, 4) is 0 Å². The minimum Gasteiger partial charge on any atom is -0.465 e. The van der Waals surface area contributed by atoms with Gasteiger partial charge in [0, 0.05) is 17.3 Å². The van der Waals surface area contributed by atoms with Crippen LogP contribution in [0, 0.1) is 0 Å². The van der Waals surface area contributed by atoms with Crippen LogP contribution in [0.1, 0.15) is 44.0 Å². The topological polar surface area (TPSA) is 107 Å². The van der Waals surface area contributed by atoms with Crippen LogP contribution >= 0.6 is 11.3 Å². The van der Waals surface area contributed by atoms with E-state index in [1.807, 2.05) is 0 Å². The first-order valence-electron chi connectivity index (χ1n) is 9.48. The zero-order valence-electron chi connectivity index (χ0n) is 16.3. The largest absolute Gasteiger partial charge is 0.465 e. The van der Waals surface area contributed by atoms with Gasteiger partial charge in [-0.1, -0.05) is 6.07 Å². The van der Waals surface area contributed by atoms with Crippen LogP contribution in [0.25, 0.3) is 11.0 Å². The molecule has 0 atom stereocenters. The number of thiophene rings is 1. The van der Waals surface area contributed by atoms with Crippen LogP contribution in [0.2, 0.25) is 0 Å². The zero-order chi connectivity index (χ0) is 21.1. The number of amides is 1. The van der Waals surface area contributed by atoms with Crippen molar-refractivity contribution in [2.75, 3.05) is 19.0 Å². The van der Waals surface area contributed by atoms with Crippen LogP contribution in [0.5, 0.6) is 0 Å². The third-order valence-corrected chi connectivity index (χ3v) is 6.07. The maximum atomic E-state index is 12.5. The van der Waals surface area contributed by atoms with E-state index in [9.17, 15) is 14.4 Å². The van der Waals surface area contributed by atoms with E-state index in [2.05, 4.69) is 15.3 Å². The fourth-order valence-corrected chi connectivity index (χ4v) is 4.79. The highest BCUT2D eigenvalue weighted by Gasteiger charge is 2.27. The number of methoxy groups -OCH3 is 1. The summed E-state index contributed by atoms with van der Waals surface area (Å²) in [4.78, 5) is 46.5. The highest BCUT2D eigenvalue weighted by atomic mass is 32.1. The molecular formula is C21H19N3O5S. The Bertz CT molecular complexity index is 1140. The van der Waals surface area contributed by atoms with Crippen molar-refractivity contribution in [3.05, 3.63) is 52.2 Å². The predicted octanol–water partition coefficient (Wildman–Crippen LogP) is 3.15. The molecule has 0 aliphatic heterocycles. The molecule has 1 amide bonds. The summed E-state index contributed by atoms with van der Waals surface area (Å²) in [5.41, 5.74) is 2.55. The first kappa shape index (κ1) is 20.0. The smallest absolute Gasteiger partial charge is 0.341 e. The summed E-state index contributed by atoms with van der Waals surface area (Å²) in [5, 5.41) is 3.14. The van der Waals surface area contributed by atoms with E-state index in [0.29, 0.717) is 21.6 Å². The lowest BCUT2D eigenvalue weighted by Crippen LogP contribution is -2.22. The van der Waals surface area contributed by atoms with Gasteiger partial charge in [-0.3, -0.25) is 14.8 Å². The molecule has 8 nitrogen and oxygen atoms in total. The molecule has 0 bridgehead atoms. The van der Waals surface area contributed by atoms with Crippen LogP contribution in [-0.4, -0.2) is 41.5 Å². The Balaban J connectivity index is 1.47. The summed E-state index contributed by atoms with van der Waals surface area (Å²) in [7, 11) is 1.32. The summed E-state index contributed by atoms with van der Waals surface area (Å²) >= 11 is 1.37. The van der Waals surface area contributed by atoms with Gasteiger partial charge >= 0.3 is 11.9 Å². The number of ether oxygens (including phenoxy) is 2. The first-order chi connectivity index (χ1) is 14.6. The average molecular weight is 425 g/mol. The molecule has 30 heavy (non-hydrogen) atoms. The second-order valence-corrected chi connectivity index (χ2v) is 7.87. The molecule has 0 spiro atoms. The van der Waals surface area contributed by atoms with Crippen molar-refractivity contribution in [2.24, 2.45) is 0 Å². The van der Waals surface area contributed by atoms with Crippen LogP contribution in [-0.2, 0) is 27.1 Å². The monoisotopic (exact) mass is 425 g/mol. The van der Waals surface area contributed by atoms with Gasteiger partial charge in [0.25, 0.3) is 5.91 Å². The van der Waals surface area contributed by atoms with Crippen molar-refractivity contribution >= 4 is 45.2 Å². The van der Waals surface area contributed by atoms with Gasteiger partial charge in [0.05, 0.1) is 23.8 Å². The fraction of sp³-hybridized carbons (Fsp3) is 0.286. The lowest BCUT2D eigenvalue weighted by molar-refractivity contribution is -0.119. The number of carbonyl (C=O) groups excluding carboxylic acids is 3. The van der Waals surface area contributed by atoms with Crippen LogP contribution in [0.15, 0.2) is 30.6 Å². The van der Waals surface area contributed by atoms with Gasteiger partial charge in [0.1, 0.15) is 10.5 Å². The van der Waals surface area contributed by atoms with Crippen LogP contribution < -0.4 is 5.32 Å². The summed E-state index contributed by atoms with van der Waals surface area (Å²) in [6.45, 7) is -0.487. The van der Waals surface area contributed by atoms with E-state index < -0.39 is 24.5 Å². The SMILES string of the molecule is COC(=O)c1c(NC(=O)COC(=O)c2cccc3nccnc23)sc2c1CCCC2. The second-order valence-electron chi connectivity index (χ2n) is 6.76. The minimum atomic E-state index is -0.671. The van der Waals surface area contributed by atoms with Crippen molar-refractivity contribution in [1.82, 2.24) is 9.97 Å². The fourth-order valence-electron chi connectivity index (χ4n) is 3.50. The van der Waals surface area contributed by atoms with E-state index in [1.165, 1.54) is 30.8 Å². The maximum Gasteiger partial charge on any atom is 0.341 e. The van der Waals surface area contributed by atoms with Crippen LogP contribution in [0.4, 0.5) is 5.00 Å². The number of nitrogens with one attached hydrogen (secondary N) is 1. The number of carbonyl (C=O) groups is 3. The van der Waals surface area contributed by atoms with Crippen molar-refractivity contribution in [3.63, 3.8) is 0 Å². The highest BCUT2D eigenvalue weighted by Crippen LogP contribution is 2.38. The molecule has 2 aromatic heterocycles. The summed E-state index contributed by atoms with van der Waals surface area (Å²) in [5.74, 6) is -1.68. The minimum absolute atomic E-state index is 0.232. The summed E-state index contributed by atoms with van der Waals surface area (Å²) in [6, 6.07) is 4.98. The van der Waals surface area contributed by atoms with Crippen molar-refractivity contribution in [2.45, 2.75) is 25.7 Å². The third-order valence-electron chi connectivity index (χ3n) is 4.87. The van der Waals surface area contributed by atoms with E-state index >= 15 is 0 Å². The Labute approximate surface area is 176 Å². The number of para-hydroxylation sites is 1. The molecule has 1 aromatic carbocycles. The van der Waals surface area contributed by atoms with E-state index in [-0.39, 0.29) is 5.56 Å². The summed E-state index contributed by atoms with van der Waals surface area (Å²) in [6.07, 6.45) is 6.71. The number of aryl methyl sites for hydroxylation is 1. The molecule has 9 heteroatoms. The van der Waals surface area contributed by atoms with E-state index in [4.69, 9.17) is 9.47 Å². The molecule has 2 heterocycles. The van der Waals surface area contributed by atoms with E-state index in [0.717, 1.165) is 36.1 Å². The molecule has 1 aliphatic rings. The van der Waals surface area contributed by atoms with Gasteiger partial charge < -0.3 is 14.8 Å². The molecule has 1 N–H and O–H groups in total. The lowest BCUT2D eigenvalue weighted by Gasteiger charge is -2.11. The number of hydrogen-bond donors (Lipinski definition) is 1. The standard InChI is InChI=1S/C21H19N3O5S/c1-28-21(27)17-12-5-2-3-8-15(12)30-19(17)24-16(25)11-29-20(26)13-6-4-7-14-18(13)23-10-9-22-14/h4,6-7,9-10H,2-3,5,8,11H2,1H3,(H,24,25). The zero-order valence-corrected chi connectivity index (χ0v) is 17.1. The Kier molecular flexibility index (Phi) is 5.71. The number of esters is 2. The molecule has 3 aromatic rings. The normalized spacial score (nSPS) is 12.8. The molecule has 4 rings (SSSR count). The first-order valence-corrected chi connectivity index (χ1v) is 10.3. The highest BCUT2D eigenvalue weighted by molar-refractivity contribution is 7.17. The second kappa shape index (κ2) is 8.58. The number of aromatic nitrogens is 2. The van der Waals surface area contributed by atoms with Gasteiger partial charge in [0.2, 0.25) is 0 Å². The lowest BCUT2D eigenvalue weighted by atomic mass is 9.95. The molecular weight excluding hydrogens is 406 g/mol. The quantitative estimate of drug-likeness (QED) is 0.626. The summed E-state index contributed by atoms with van der Waals surface area (Å²) < 4.78 is 10.1. The Morgan fingerprint density at radius 1 is 1.10 bits per heavy atom. The molecule has 0 saturated carbocycles. The Hall–Kier alpha value is -3.33. The Morgan fingerprint density at radius 3 is 2.73 bits per heavy atom. The maximum absolute atomic E-state index is 12.5. The van der Waals surface area contributed by atoms with Gasteiger partial charge in [-0.25, -0.2) is 9.59 Å². The van der Waals surface area contributed by atoms with Gasteiger partial charge in [-0.2, -0.15) is 0 Å². The van der Waals surface area contributed by atoms with E-state index in [1.54, 1.807) is 18.2 Å². The third kappa shape index (κ3) is 3.88.